The zero-order chi connectivity index (χ0) is 12.2. The molecule has 1 aromatic rings. The molecular formula is C13H23NOSi. The summed E-state index contributed by atoms with van der Waals surface area (Å²) in [6, 6.07) is 8.44. The third-order valence-electron chi connectivity index (χ3n) is 2.41. The first-order valence-electron chi connectivity index (χ1n) is 5.86. The molecular weight excluding hydrogens is 214 g/mol. The quantitative estimate of drug-likeness (QED) is 0.640. The lowest BCUT2D eigenvalue weighted by Gasteiger charge is -2.23. The lowest BCUT2D eigenvalue weighted by molar-refractivity contribution is 0.357. The fourth-order valence-electron chi connectivity index (χ4n) is 1.58. The van der Waals surface area contributed by atoms with Gasteiger partial charge in [-0.2, -0.15) is 0 Å². The standard InChI is InChI=1S/C13H23NOSi/c1-13(2,3)11-8-6-7-9-12(11)14-10-15-16(4)5/h6-9,14,16H,10H2,1-5H3. The van der Waals surface area contributed by atoms with Crippen molar-refractivity contribution >= 4 is 14.7 Å². The fraction of sp³-hybridized carbons (Fsp3) is 0.538. The summed E-state index contributed by atoms with van der Waals surface area (Å²) in [4.78, 5) is 0. The van der Waals surface area contributed by atoms with E-state index in [1.54, 1.807) is 0 Å². The number of nitrogens with one attached hydrogen (secondary N) is 1. The number of hydrogen-bond donors (Lipinski definition) is 1. The summed E-state index contributed by atoms with van der Waals surface area (Å²) in [5, 5.41) is 3.36. The smallest absolute Gasteiger partial charge is 0.173 e. The lowest BCUT2D eigenvalue weighted by Crippen LogP contribution is -2.18. The maximum absolute atomic E-state index is 5.64. The van der Waals surface area contributed by atoms with E-state index in [1.165, 1.54) is 11.3 Å². The number of para-hydroxylation sites is 1. The highest BCUT2D eigenvalue weighted by Gasteiger charge is 2.16. The molecule has 0 saturated carbocycles. The molecule has 1 aromatic carbocycles. The van der Waals surface area contributed by atoms with Crippen molar-refractivity contribution in [3.8, 4) is 0 Å². The Labute approximate surface area is 101 Å². The second-order valence-corrected chi connectivity index (χ2v) is 7.76. The minimum atomic E-state index is -0.932. The molecule has 2 nitrogen and oxygen atoms in total. The SMILES string of the molecule is C[SiH](C)OCNc1ccccc1C(C)(C)C. The van der Waals surface area contributed by atoms with E-state index in [9.17, 15) is 0 Å². The number of rotatable bonds is 4. The maximum atomic E-state index is 5.64. The fourth-order valence-corrected chi connectivity index (χ4v) is 1.99. The molecule has 0 aliphatic rings. The second kappa shape index (κ2) is 5.50. The van der Waals surface area contributed by atoms with Gasteiger partial charge in [0.1, 0.15) is 6.73 Å². The average molecular weight is 237 g/mol. The molecule has 0 atom stereocenters. The molecule has 1 N–H and O–H groups in total. The highest BCUT2D eigenvalue weighted by molar-refractivity contribution is 6.48. The molecule has 0 spiro atoms. The van der Waals surface area contributed by atoms with Gasteiger partial charge in [0.2, 0.25) is 0 Å². The molecule has 0 saturated heterocycles. The monoisotopic (exact) mass is 237 g/mol. The van der Waals surface area contributed by atoms with Crippen molar-refractivity contribution in [2.75, 3.05) is 12.0 Å². The van der Waals surface area contributed by atoms with Crippen molar-refractivity contribution in [1.29, 1.82) is 0 Å². The lowest BCUT2D eigenvalue weighted by atomic mass is 9.86. The Bertz CT molecular complexity index is 331. The molecule has 0 radical (unpaired) electrons. The van der Waals surface area contributed by atoms with Gasteiger partial charge >= 0.3 is 0 Å². The van der Waals surface area contributed by atoms with Gasteiger partial charge in [-0.3, -0.25) is 0 Å². The molecule has 0 aliphatic carbocycles. The van der Waals surface area contributed by atoms with Gasteiger partial charge in [0, 0.05) is 5.69 Å². The van der Waals surface area contributed by atoms with Crippen LogP contribution >= 0.6 is 0 Å². The van der Waals surface area contributed by atoms with Crippen molar-refractivity contribution < 1.29 is 4.43 Å². The first-order chi connectivity index (χ1) is 7.41. The van der Waals surface area contributed by atoms with Crippen LogP contribution < -0.4 is 5.32 Å². The Balaban J connectivity index is 2.72. The van der Waals surface area contributed by atoms with Crippen LogP contribution in [0.15, 0.2) is 24.3 Å². The molecule has 16 heavy (non-hydrogen) atoms. The number of benzene rings is 1. The van der Waals surface area contributed by atoms with Crippen molar-refractivity contribution in [3.05, 3.63) is 29.8 Å². The van der Waals surface area contributed by atoms with E-state index in [2.05, 4.69) is 63.4 Å². The molecule has 0 amide bonds. The molecule has 3 heteroatoms. The Kier molecular flexibility index (Phi) is 4.56. The van der Waals surface area contributed by atoms with Crippen LogP contribution in [0.3, 0.4) is 0 Å². The van der Waals surface area contributed by atoms with Crippen LogP contribution in [0.4, 0.5) is 5.69 Å². The van der Waals surface area contributed by atoms with Gasteiger partial charge in [-0.25, -0.2) is 0 Å². The van der Waals surface area contributed by atoms with Crippen molar-refractivity contribution in [3.63, 3.8) is 0 Å². The first kappa shape index (κ1) is 13.3. The van der Waals surface area contributed by atoms with E-state index < -0.39 is 9.04 Å². The predicted molar refractivity (Wildman–Crippen MR) is 73.6 cm³/mol. The molecule has 1 rings (SSSR count). The largest absolute Gasteiger partial charge is 0.404 e. The summed E-state index contributed by atoms with van der Waals surface area (Å²) in [6.07, 6.45) is 0. The van der Waals surface area contributed by atoms with Crippen LogP contribution in [-0.2, 0) is 9.84 Å². The maximum Gasteiger partial charge on any atom is 0.173 e. The van der Waals surface area contributed by atoms with Gasteiger partial charge < -0.3 is 9.74 Å². The Morgan fingerprint density at radius 3 is 2.38 bits per heavy atom. The van der Waals surface area contributed by atoms with Gasteiger partial charge in [-0.1, -0.05) is 39.0 Å². The Morgan fingerprint density at radius 1 is 1.19 bits per heavy atom. The van der Waals surface area contributed by atoms with E-state index in [1.807, 2.05) is 0 Å². The van der Waals surface area contributed by atoms with Crippen molar-refractivity contribution in [1.82, 2.24) is 0 Å². The third-order valence-corrected chi connectivity index (χ3v) is 3.25. The van der Waals surface area contributed by atoms with Gasteiger partial charge in [-0.05, 0) is 30.1 Å². The Hall–Kier alpha value is -0.803. The zero-order valence-corrected chi connectivity index (χ0v) is 12.2. The zero-order valence-electron chi connectivity index (χ0n) is 11.0. The summed E-state index contributed by atoms with van der Waals surface area (Å²) in [5.74, 6) is 0. The summed E-state index contributed by atoms with van der Waals surface area (Å²) in [5.41, 5.74) is 2.69. The summed E-state index contributed by atoms with van der Waals surface area (Å²) < 4.78 is 5.64. The molecule has 0 aromatic heterocycles. The van der Waals surface area contributed by atoms with Gasteiger partial charge in [0.15, 0.2) is 9.04 Å². The van der Waals surface area contributed by atoms with Crippen molar-refractivity contribution in [2.24, 2.45) is 0 Å². The normalized spacial score (nSPS) is 11.9. The third kappa shape index (κ3) is 3.98. The van der Waals surface area contributed by atoms with E-state index >= 15 is 0 Å². The van der Waals surface area contributed by atoms with Crippen LogP contribution in [0.5, 0.6) is 0 Å². The van der Waals surface area contributed by atoms with E-state index in [4.69, 9.17) is 4.43 Å². The molecule has 0 heterocycles. The molecule has 0 fully saturated rings. The minimum Gasteiger partial charge on any atom is -0.404 e. The highest BCUT2D eigenvalue weighted by Crippen LogP contribution is 2.28. The topological polar surface area (TPSA) is 21.3 Å². The molecule has 0 bridgehead atoms. The average Bonchev–Trinajstić information content (AvgIpc) is 2.16. The van der Waals surface area contributed by atoms with Crippen LogP contribution in [0.2, 0.25) is 13.1 Å². The Morgan fingerprint density at radius 2 is 1.81 bits per heavy atom. The van der Waals surface area contributed by atoms with E-state index in [0.29, 0.717) is 6.73 Å². The van der Waals surface area contributed by atoms with Gasteiger partial charge in [-0.15, -0.1) is 0 Å². The minimum absolute atomic E-state index is 0.166. The first-order valence-corrected chi connectivity index (χ1v) is 8.64. The highest BCUT2D eigenvalue weighted by atomic mass is 28.3. The van der Waals surface area contributed by atoms with Gasteiger partial charge in [0.25, 0.3) is 0 Å². The van der Waals surface area contributed by atoms with Crippen molar-refractivity contribution in [2.45, 2.75) is 39.3 Å². The summed E-state index contributed by atoms with van der Waals surface area (Å²) in [7, 11) is -0.932. The van der Waals surface area contributed by atoms with Crippen LogP contribution in [0, 0.1) is 0 Å². The summed E-state index contributed by atoms with van der Waals surface area (Å²) >= 11 is 0. The van der Waals surface area contributed by atoms with Crippen LogP contribution in [0.1, 0.15) is 26.3 Å². The predicted octanol–water partition coefficient (Wildman–Crippen LogP) is 3.35. The number of anilines is 1. The van der Waals surface area contributed by atoms with E-state index in [0.717, 1.165) is 0 Å². The second-order valence-electron chi connectivity index (χ2n) is 5.33. The van der Waals surface area contributed by atoms with Gasteiger partial charge in [0.05, 0.1) is 0 Å². The van der Waals surface area contributed by atoms with Crippen LogP contribution in [-0.4, -0.2) is 15.8 Å². The summed E-state index contributed by atoms with van der Waals surface area (Å²) in [6.45, 7) is 11.7. The molecule has 0 unspecified atom stereocenters. The molecule has 90 valence electrons. The van der Waals surface area contributed by atoms with E-state index in [-0.39, 0.29) is 5.41 Å². The molecule has 0 aliphatic heterocycles. The van der Waals surface area contributed by atoms with Crippen LogP contribution in [0.25, 0.3) is 0 Å². The number of hydrogen-bond acceptors (Lipinski definition) is 2.